The lowest BCUT2D eigenvalue weighted by Gasteiger charge is -2.20. The molecule has 0 bridgehead atoms. The minimum Gasteiger partial charge on any atom is -0.494 e. The van der Waals surface area contributed by atoms with Crippen LogP contribution in [0.5, 0.6) is 5.75 Å². The predicted molar refractivity (Wildman–Crippen MR) is 89.1 cm³/mol. The Morgan fingerprint density at radius 2 is 1.95 bits per heavy atom. The zero-order valence-corrected chi connectivity index (χ0v) is 13.1. The Labute approximate surface area is 130 Å². The summed E-state index contributed by atoms with van der Waals surface area (Å²) in [6, 6.07) is 16.9. The fourth-order valence-electron chi connectivity index (χ4n) is 2.72. The fourth-order valence-corrected chi connectivity index (χ4v) is 4.03. The Morgan fingerprint density at radius 1 is 1.19 bits per heavy atom. The van der Waals surface area contributed by atoms with Crippen molar-refractivity contribution < 1.29 is 4.74 Å². The van der Waals surface area contributed by atoms with Crippen molar-refractivity contribution in [3.63, 3.8) is 0 Å². The molecule has 0 saturated carbocycles. The molecule has 0 radical (unpaired) electrons. The highest BCUT2D eigenvalue weighted by molar-refractivity contribution is 7.99. The first-order valence-electron chi connectivity index (χ1n) is 7.49. The average Bonchev–Trinajstić information content (AvgIpc) is 2.97. The van der Waals surface area contributed by atoms with Crippen molar-refractivity contribution in [3.05, 3.63) is 59.7 Å². The van der Waals surface area contributed by atoms with Gasteiger partial charge in [0.25, 0.3) is 0 Å². The quantitative estimate of drug-likeness (QED) is 0.890. The summed E-state index contributed by atoms with van der Waals surface area (Å²) < 4.78 is 5.63. The van der Waals surface area contributed by atoms with E-state index in [2.05, 4.69) is 43.3 Å². The molecule has 0 saturated heterocycles. The summed E-state index contributed by atoms with van der Waals surface area (Å²) in [5.74, 6) is 2.39. The van der Waals surface area contributed by atoms with Gasteiger partial charge in [0, 0.05) is 22.6 Å². The number of thioether (sulfide) groups is 1. The Bertz CT molecular complexity index is 596. The Hall–Kier alpha value is -1.45. The molecule has 110 valence electrons. The van der Waals surface area contributed by atoms with Crippen LogP contribution < -0.4 is 10.5 Å². The molecule has 2 atom stereocenters. The lowest BCUT2D eigenvalue weighted by molar-refractivity contribution is 0.317. The number of rotatable bonds is 5. The molecule has 2 N–H and O–H groups in total. The van der Waals surface area contributed by atoms with Crippen LogP contribution in [-0.4, -0.2) is 12.4 Å². The summed E-state index contributed by atoms with van der Waals surface area (Å²) in [5.41, 5.74) is 9.08. The van der Waals surface area contributed by atoms with E-state index < -0.39 is 0 Å². The number of fused-ring (bicyclic) bond motifs is 1. The van der Waals surface area contributed by atoms with Crippen LogP contribution in [0, 0.1) is 0 Å². The average molecular weight is 299 g/mol. The number of benzene rings is 2. The van der Waals surface area contributed by atoms with Gasteiger partial charge in [-0.3, -0.25) is 0 Å². The van der Waals surface area contributed by atoms with Crippen LogP contribution in [-0.2, 0) is 0 Å². The smallest absolute Gasteiger partial charge is 0.119 e. The normalized spacial score (nSPS) is 18.3. The van der Waals surface area contributed by atoms with Gasteiger partial charge in [-0.15, -0.1) is 11.8 Å². The molecular weight excluding hydrogens is 278 g/mol. The highest BCUT2D eigenvalue weighted by Crippen LogP contribution is 2.44. The first-order chi connectivity index (χ1) is 10.3. The maximum absolute atomic E-state index is 6.51. The molecule has 2 unspecified atom stereocenters. The third kappa shape index (κ3) is 3.09. The van der Waals surface area contributed by atoms with Gasteiger partial charge in [0.15, 0.2) is 0 Å². The van der Waals surface area contributed by atoms with Crippen LogP contribution in [0.4, 0.5) is 0 Å². The van der Waals surface area contributed by atoms with Crippen LogP contribution in [0.25, 0.3) is 0 Å². The SMILES string of the molecule is CCCOc1ccc(C(N)C2CSc3ccccc32)cc1. The molecule has 3 heteroatoms. The molecule has 0 amide bonds. The van der Waals surface area contributed by atoms with Gasteiger partial charge < -0.3 is 10.5 Å². The summed E-state index contributed by atoms with van der Waals surface area (Å²) in [4.78, 5) is 1.38. The molecule has 0 spiro atoms. The topological polar surface area (TPSA) is 35.2 Å². The number of nitrogens with two attached hydrogens (primary N) is 1. The van der Waals surface area contributed by atoms with E-state index >= 15 is 0 Å². The first kappa shape index (κ1) is 14.5. The summed E-state index contributed by atoms with van der Waals surface area (Å²) in [5, 5.41) is 0. The predicted octanol–water partition coefficient (Wildman–Crippen LogP) is 4.36. The molecule has 1 heterocycles. The van der Waals surface area contributed by atoms with Crippen molar-refractivity contribution in [2.24, 2.45) is 5.73 Å². The van der Waals surface area contributed by atoms with Crippen molar-refractivity contribution in [3.8, 4) is 5.75 Å². The second-order valence-electron chi connectivity index (χ2n) is 5.40. The van der Waals surface area contributed by atoms with Crippen molar-refractivity contribution in [1.29, 1.82) is 0 Å². The third-order valence-corrected chi connectivity index (χ3v) is 5.12. The molecule has 2 aromatic rings. The molecule has 0 fully saturated rings. The van der Waals surface area contributed by atoms with E-state index in [-0.39, 0.29) is 6.04 Å². The summed E-state index contributed by atoms with van der Waals surface area (Å²) >= 11 is 1.91. The van der Waals surface area contributed by atoms with Gasteiger partial charge >= 0.3 is 0 Å². The molecule has 1 aliphatic rings. The summed E-state index contributed by atoms with van der Waals surface area (Å²) in [6.45, 7) is 2.87. The van der Waals surface area contributed by atoms with Gasteiger partial charge in [-0.05, 0) is 35.7 Å². The third-order valence-electron chi connectivity index (χ3n) is 3.91. The van der Waals surface area contributed by atoms with E-state index in [1.165, 1.54) is 16.0 Å². The van der Waals surface area contributed by atoms with E-state index in [0.717, 1.165) is 24.5 Å². The Balaban J connectivity index is 1.75. The molecule has 3 rings (SSSR count). The van der Waals surface area contributed by atoms with Crippen molar-refractivity contribution in [1.82, 2.24) is 0 Å². The fraction of sp³-hybridized carbons (Fsp3) is 0.333. The van der Waals surface area contributed by atoms with Gasteiger partial charge in [-0.2, -0.15) is 0 Å². The highest BCUT2D eigenvalue weighted by Gasteiger charge is 2.28. The lowest BCUT2D eigenvalue weighted by Crippen LogP contribution is -2.19. The number of hydrogen-bond acceptors (Lipinski definition) is 3. The number of ether oxygens (including phenoxy) is 1. The van der Waals surface area contributed by atoms with Gasteiger partial charge in [-0.1, -0.05) is 37.3 Å². The summed E-state index contributed by atoms with van der Waals surface area (Å²) in [6.07, 6.45) is 1.03. The molecule has 1 aliphatic heterocycles. The van der Waals surface area contributed by atoms with E-state index in [1.807, 2.05) is 23.9 Å². The molecule has 2 aromatic carbocycles. The minimum atomic E-state index is 0.0429. The van der Waals surface area contributed by atoms with Gasteiger partial charge in [0.1, 0.15) is 5.75 Å². The molecule has 21 heavy (non-hydrogen) atoms. The van der Waals surface area contributed by atoms with Crippen LogP contribution in [0.1, 0.15) is 36.4 Å². The van der Waals surface area contributed by atoms with Crippen molar-refractivity contribution in [2.75, 3.05) is 12.4 Å². The van der Waals surface area contributed by atoms with E-state index in [0.29, 0.717) is 5.92 Å². The zero-order valence-electron chi connectivity index (χ0n) is 12.3. The Kier molecular flexibility index (Phi) is 4.51. The molecule has 0 aliphatic carbocycles. The number of hydrogen-bond donors (Lipinski definition) is 1. The second kappa shape index (κ2) is 6.54. The highest BCUT2D eigenvalue weighted by atomic mass is 32.2. The van der Waals surface area contributed by atoms with E-state index in [9.17, 15) is 0 Å². The minimum absolute atomic E-state index is 0.0429. The monoisotopic (exact) mass is 299 g/mol. The van der Waals surface area contributed by atoms with Crippen molar-refractivity contribution in [2.45, 2.75) is 30.2 Å². The van der Waals surface area contributed by atoms with Crippen molar-refractivity contribution >= 4 is 11.8 Å². The summed E-state index contributed by atoms with van der Waals surface area (Å²) in [7, 11) is 0. The zero-order chi connectivity index (χ0) is 14.7. The maximum atomic E-state index is 6.51. The van der Waals surface area contributed by atoms with Gasteiger partial charge in [-0.25, -0.2) is 0 Å². The molecule has 2 nitrogen and oxygen atoms in total. The van der Waals surface area contributed by atoms with E-state index in [4.69, 9.17) is 10.5 Å². The largest absolute Gasteiger partial charge is 0.494 e. The van der Waals surface area contributed by atoms with Gasteiger partial charge in [0.05, 0.1) is 6.61 Å². The first-order valence-corrected chi connectivity index (χ1v) is 8.48. The van der Waals surface area contributed by atoms with Crippen LogP contribution in [0.2, 0.25) is 0 Å². The second-order valence-corrected chi connectivity index (χ2v) is 6.46. The standard InChI is InChI=1S/C18H21NOS/c1-2-11-20-14-9-7-13(8-10-14)18(19)16-12-21-17-6-4-3-5-15(16)17/h3-10,16,18H,2,11-12,19H2,1H3. The van der Waals surface area contributed by atoms with Crippen LogP contribution in [0.3, 0.4) is 0 Å². The maximum Gasteiger partial charge on any atom is 0.119 e. The van der Waals surface area contributed by atoms with Crippen LogP contribution in [0.15, 0.2) is 53.4 Å². The Morgan fingerprint density at radius 3 is 2.71 bits per heavy atom. The van der Waals surface area contributed by atoms with E-state index in [1.54, 1.807) is 0 Å². The van der Waals surface area contributed by atoms with Gasteiger partial charge in [0.2, 0.25) is 0 Å². The molecular formula is C18H21NOS. The van der Waals surface area contributed by atoms with Crippen LogP contribution >= 0.6 is 11.8 Å². The lowest BCUT2D eigenvalue weighted by atomic mass is 9.89. The molecule has 0 aromatic heterocycles.